The molecule has 0 bridgehead atoms. The van der Waals surface area contributed by atoms with Crippen LogP contribution in [0.25, 0.3) is 0 Å². The maximum atomic E-state index is 12.8. The number of nitrogens with zero attached hydrogens (tertiary/aromatic N) is 2. The minimum absolute atomic E-state index is 0.230. The van der Waals surface area contributed by atoms with Crippen molar-refractivity contribution >= 4 is 37.7 Å². The number of piperazine rings is 1. The molecule has 0 spiro atoms. The highest BCUT2D eigenvalue weighted by molar-refractivity contribution is 9.10. The summed E-state index contributed by atoms with van der Waals surface area (Å²) in [5.41, 5.74) is 1.79. The Kier molecular flexibility index (Phi) is 6.18. The number of para-hydroxylation sites is 1. The van der Waals surface area contributed by atoms with E-state index in [1.54, 1.807) is 17.0 Å². The van der Waals surface area contributed by atoms with E-state index in [0.29, 0.717) is 23.7 Å². The number of hydrogen-bond acceptors (Lipinski definition) is 3. The number of urea groups is 1. The number of anilines is 1. The molecule has 1 heterocycles. The minimum atomic E-state index is -3.53. The van der Waals surface area contributed by atoms with Crippen molar-refractivity contribution in [1.82, 2.24) is 9.21 Å². The van der Waals surface area contributed by atoms with Crippen LogP contribution >= 0.6 is 15.9 Å². The molecule has 0 aromatic heterocycles. The van der Waals surface area contributed by atoms with Gasteiger partial charge in [0.2, 0.25) is 10.0 Å². The zero-order chi connectivity index (χ0) is 19.4. The molecule has 6 nitrogen and oxygen atoms in total. The van der Waals surface area contributed by atoms with Gasteiger partial charge < -0.3 is 10.2 Å². The van der Waals surface area contributed by atoms with Gasteiger partial charge in [0.05, 0.1) is 10.6 Å². The Labute approximate surface area is 168 Å². The standard InChI is InChI=1S/C19H22BrN3O3S/c1-2-15-7-9-16(10-8-15)27(25,26)23-13-11-22(12-14-23)19(24)21-18-6-4-3-5-17(18)20/h3-10H,2,11-14H2,1H3,(H,21,24). The molecule has 0 atom stereocenters. The number of benzene rings is 2. The van der Waals surface area contributed by atoms with Gasteiger partial charge in [-0.3, -0.25) is 0 Å². The van der Waals surface area contributed by atoms with Crippen molar-refractivity contribution in [1.29, 1.82) is 0 Å². The maximum Gasteiger partial charge on any atom is 0.321 e. The smallest absolute Gasteiger partial charge is 0.321 e. The van der Waals surface area contributed by atoms with E-state index in [1.807, 2.05) is 43.3 Å². The molecule has 2 aromatic carbocycles. The molecule has 1 N–H and O–H groups in total. The van der Waals surface area contributed by atoms with E-state index >= 15 is 0 Å². The molecule has 2 aromatic rings. The van der Waals surface area contributed by atoms with Gasteiger partial charge in [0.1, 0.15) is 0 Å². The summed E-state index contributed by atoms with van der Waals surface area (Å²) < 4.78 is 27.8. The number of sulfonamides is 1. The van der Waals surface area contributed by atoms with Gasteiger partial charge in [-0.05, 0) is 52.2 Å². The van der Waals surface area contributed by atoms with Crippen LogP contribution in [0, 0.1) is 0 Å². The van der Waals surface area contributed by atoms with Gasteiger partial charge in [0, 0.05) is 30.7 Å². The fourth-order valence-electron chi connectivity index (χ4n) is 2.93. The van der Waals surface area contributed by atoms with E-state index in [4.69, 9.17) is 0 Å². The molecular weight excluding hydrogens is 430 g/mol. The fraction of sp³-hybridized carbons (Fsp3) is 0.316. The van der Waals surface area contributed by atoms with Gasteiger partial charge in [-0.2, -0.15) is 4.31 Å². The summed E-state index contributed by atoms with van der Waals surface area (Å²) in [6.45, 7) is 3.29. The molecule has 0 aliphatic carbocycles. The highest BCUT2D eigenvalue weighted by Crippen LogP contribution is 2.22. The second-order valence-corrected chi connectivity index (χ2v) is 9.09. The number of aryl methyl sites for hydroxylation is 1. The van der Waals surface area contributed by atoms with Crippen LogP contribution in [0.2, 0.25) is 0 Å². The molecule has 0 unspecified atom stereocenters. The number of amides is 2. The third-order valence-electron chi connectivity index (χ3n) is 4.61. The first-order valence-electron chi connectivity index (χ1n) is 8.81. The van der Waals surface area contributed by atoms with Crippen molar-refractivity contribution in [2.45, 2.75) is 18.2 Å². The lowest BCUT2D eigenvalue weighted by atomic mass is 10.2. The predicted octanol–water partition coefficient (Wildman–Crippen LogP) is 3.55. The van der Waals surface area contributed by atoms with Crippen molar-refractivity contribution in [3.63, 3.8) is 0 Å². The first-order chi connectivity index (χ1) is 12.9. The van der Waals surface area contributed by atoms with Crippen LogP contribution in [0.15, 0.2) is 57.9 Å². The van der Waals surface area contributed by atoms with E-state index in [0.717, 1.165) is 16.5 Å². The fourth-order valence-corrected chi connectivity index (χ4v) is 4.74. The van der Waals surface area contributed by atoms with Gasteiger partial charge in [-0.1, -0.05) is 31.2 Å². The number of hydrogen-bond donors (Lipinski definition) is 1. The van der Waals surface area contributed by atoms with E-state index in [1.165, 1.54) is 4.31 Å². The molecule has 1 saturated heterocycles. The molecule has 27 heavy (non-hydrogen) atoms. The van der Waals surface area contributed by atoms with Crippen LogP contribution in [0.3, 0.4) is 0 Å². The van der Waals surface area contributed by atoms with Crippen molar-refractivity contribution < 1.29 is 13.2 Å². The molecule has 144 valence electrons. The average molecular weight is 452 g/mol. The van der Waals surface area contributed by atoms with Crippen LogP contribution in [0.1, 0.15) is 12.5 Å². The molecule has 3 rings (SSSR count). The van der Waals surface area contributed by atoms with E-state index in [-0.39, 0.29) is 19.1 Å². The van der Waals surface area contributed by atoms with Crippen LogP contribution in [-0.2, 0) is 16.4 Å². The van der Waals surface area contributed by atoms with E-state index < -0.39 is 10.0 Å². The lowest BCUT2D eigenvalue weighted by Gasteiger charge is -2.34. The zero-order valence-electron chi connectivity index (χ0n) is 15.1. The first kappa shape index (κ1) is 19.9. The monoisotopic (exact) mass is 451 g/mol. The Morgan fingerprint density at radius 2 is 1.67 bits per heavy atom. The summed E-state index contributed by atoms with van der Waals surface area (Å²) in [5, 5.41) is 2.85. The number of nitrogens with one attached hydrogen (secondary N) is 1. The molecular formula is C19H22BrN3O3S. The minimum Gasteiger partial charge on any atom is -0.322 e. The number of carbonyl (C=O) groups excluding carboxylic acids is 1. The van der Waals surface area contributed by atoms with Gasteiger partial charge in [-0.15, -0.1) is 0 Å². The van der Waals surface area contributed by atoms with Crippen LogP contribution in [0.5, 0.6) is 0 Å². The van der Waals surface area contributed by atoms with Crippen LogP contribution < -0.4 is 5.32 Å². The lowest BCUT2D eigenvalue weighted by molar-refractivity contribution is 0.184. The molecule has 1 fully saturated rings. The van der Waals surface area contributed by atoms with Crippen LogP contribution in [-0.4, -0.2) is 49.8 Å². The van der Waals surface area contributed by atoms with Crippen molar-refractivity contribution in [2.75, 3.05) is 31.5 Å². The number of halogens is 1. The molecule has 8 heteroatoms. The highest BCUT2D eigenvalue weighted by atomic mass is 79.9. The summed E-state index contributed by atoms with van der Waals surface area (Å²) in [7, 11) is -3.53. The molecule has 0 radical (unpaired) electrons. The maximum absolute atomic E-state index is 12.8. The van der Waals surface area contributed by atoms with Gasteiger partial charge >= 0.3 is 6.03 Å². The predicted molar refractivity (Wildman–Crippen MR) is 109 cm³/mol. The SMILES string of the molecule is CCc1ccc(S(=O)(=O)N2CCN(C(=O)Nc3ccccc3Br)CC2)cc1. The molecule has 1 aliphatic rings. The number of rotatable bonds is 4. The third kappa shape index (κ3) is 4.51. The Bertz CT molecular complexity index is 908. The normalized spacial score (nSPS) is 15.6. The van der Waals surface area contributed by atoms with Gasteiger partial charge in [0.25, 0.3) is 0 Å². The second-order valence-electron chi connectivity index (χ2n) is 6.30. The van der Waals surface area contributed by atoms with Crippen molar-refractivity contribution in [3.8, 4) is 0 Å². The van der Waals surface area contributed by atoms with E-state index in [9.17, 15) is 13.2 Å². The Morgan fingerprint density at radius 1 is 1.04 bits per heavy atom. The summed E-state index contributed by atoms with van der Waals surface area (Å²) >= 11 is 3.40. The molecule has 1 aliphatic heterocycles. The second kappa shape index (κ2) is 8.41. The number of carbonyl (C=O) groups is 1. The Hall–Kier alpha value is -1.90. The lowest BCUT2D eigenvalue weighted by Crippen LogP contribution is -2.51. The quantitative estimate of drug-likeness (QED) is 0.772. The zero-order valence-corrected chi connectivity index (χ0v) is 17.5. The Morgan fingerprint density at radius 3 is 2.26 bits per heavy atom. The van der Waals surface area contributed by atoms with Gasteiger partial charge in [0.15, 0.2) is 0 Å². The van der Waals surface area contributed by atoms with E-state index in [2.05, 4.69) is 21.2 Å². The summed E-state index contributed by atoms with van der Waals surface area (Å²) in [5.74, 6) is 0. The third-order valence-corrected chi connectivity index (χ3v) is 7.22. The highest BCUT2D eigenvalue weighted by Gasteiger charge is 2.30. The first-order valence-corrected chi connectivity index (χ1v) is 11.0. The Balaban J connectivity index is 1.62. The summed E-state index contributed by atoms with van der Waals surface area (Å²) in [6.07, 6.45) is 0.867. The molecule has 0 saturated carbocycles. The van der Waals surface area contributed by atoms with Crippen molar-refractivity contribution in [3.05, 3.63) is 58.6 Å². The summed E-state index contributed by atoms with van der Waals surface area (Å²) in [4.78, 5) is 14.4. The topological polar surface area (TPSA) is 69.7 Å². The average Bonchev–Trinajstić information content (AvgIpc) is 2.70. The largest absolute Gasteiger partial charge is 0.322 e. The summed E-state index contributed by atoms with van der Waals surface area (Å²) in [6, 6.07) is 14.1. The van der Waals surface area contributed by atoms with Crippen molar-refractivity contribution in [2.24, 2.45) is 0 Å². The van der Waals surface area contributed by atoms with Gasteiger partial charge in [-0.25, -0.2) is 13.2 Å². The van der Waals surface area contributed by atoms with Crippen LogP contribution in [0.4, 0.5) is 10.5 Å². The molecule has 2 amide bonds.